The molecule has 0 unspecified atom stereocenters. The molecule has 3 rings (SSSR count). The topological polar surface area (TPSA) is 109 Å². The molecule has 9 heteroatoms. The maximum Gasteiger partial charge on any atom is 0.325 e. The van der Waals surface area contributed by atoms with Gasteiger partial charge in [-0.2, -0.15) is 5.10 Å². The molecule has 0 radical (unpaired) electrons. The average Bonchev–Trinajstić information content (AvgIpc) is 3.32. The minimum Gasteiger partial charge on any atom is -0.467 e. The zero-order valence-corrected chi connectivity index (χ0v) is 16.5. The summed E-state index contributed by atoms with van der Waals surface area (Å²) in [5.74, 6) is -0.0507. The van der Waals surface area contributed by atoms with Crippen molar-refractivity contribution in [3.8, 4) is 0 Å². The largest absolute Gasteiger partial charge is 0.467 e. The van der Waals surface area contributed by atoms with Crippen molar-refractivity contribution in [1.29, 1.82) is 0 Å². The number of carbonyl (C=O) groups excluding carboxylic acids is 3. The number of urea groups is 1. The van der Waals surface area contributed by atoms with E-state index in [1.165, 1.54) is 6.26 Å². The Morgan fingerprint density at radius 3 is 2.71 bits per heavy atom. The van der Waals surface area contributed by atoms with Crippen molar-refractivity contribution in [2.75, 3.05) is 5.32 Å². The Hall–Kier alpha value is -3.10. The van der Waals surface area contributed by atoms with Gasteiger partial charge in [-0.3, -0.25) is 19.2 Å². The van der Waals surface area contributed by atoms with Crippen LogP contribution in [-0.4, -0.2) is 38.6 Å². The third-order valence-corrected chi connectivity index (χ3v) is 4.74. The van der Waals surface area contributed by atoms with E-state index in [-0.39, 0.29) is 37.2 Å². The van der Waals surface area contributed by atoms with E-state index in [2.05, 4.69) is 15.7 Å². The van der Waals surface area contributed by atoms with E-state index in [9.17, 15) is 14.4 Å². The molecular weight excluding hydrogens is 362 g/mol. The van der Waals surface area contributed by atoms with Crippen LogP contribution in [-0.2, 0) is 16.1 Å². The molecule has 150 valence electrons. The third kappa shape index (κ3) is 3.92. The normalized spacial score (nSPS) is 16.8. The maximum absolute atomic E-state index is 12.5. The highest BCUT2D eigenvalue weighted by Gasteiger charge is 2.38. The number of aromatic nitrogens is 2. The Kier molecular flexibility index (Phi) is 5.53. The highest BCUT2D eigenvalue weighted by molar-refractivity contribution is 6.04. The van der Waals surface area contributed by atoms with E-state index in [4.69, 9.17) is 4.42 Å². The van der Waals surface area contributed by atoms with Gasteiger partial charge in [-0.15, -0.1) is 0 Å². The van der Waals surface area contributed by atoms with Gasteiger partial charge in [0.05, 0.1) is 29.9 Å². The number of hydrogen-bond acceptors (Lipinski definition) is 5. The molecule has 0 spiro atoms. The standard InChI is InChI=1S/C19H25N5O4/c1-11(2)24-13(4)17(12(3)22-24)21-16(25)8-7-15-18(26)23(19(27)20-15)10-14-6-5-9-28-14/h5-6,9,11,15H,7-8,10H2,1-4H3,(H,20,27)(H,21,25)/t15-/m0/s1. The predicted octanol–water partition coefficient (Wildman–Crippen LogP) is 2.51. The molecular formula is C19H25N5O4. The number of aryl methyl sites for hydroxylation is 1. The van der Waals surface area contributed by atoms with Crippen LogP contribution in [0.3, 0.4) is 0 Å². The molecule has 2 aromatic rings. The zero-order valence-electron chi connectivity index (χ0n) is 16.5. The van der Waals surface area contributed by atoms with E-state index in [0.717, 1.165) is 16.3 Å². The van der Waals surface area contributed by atoms with Crippen LogP contribution in [0.5, 0.6) is 0 Å². The van der Waals surface area contributed by atoms with Crippen molar-refractivity contribution in [1.82, 2.24) is 20.0 Å². The molecule has 2 aromatic heterocycles. The minimum absolute atomic E-state index is 0.0765. The molecule has 4 amide bonds. The van der Waals surface area contributed by atoms with Gasteiger partial charge in [-0.25, -0.2) is 4.79 Å². The summed E-state index contributed by atoms with van der Waals surface area (Å²) < 4.78 is 7.05. The summed E-state index contributed by atoms with van der Waals surface area (Å²) in [6, 6.07) is 2.39. The van der Waals surface area contributed by atoms with Crippen molar-refractivity contribution in [2.45, 2.75) is 59.2 Å². The van der Waals surface area contributed by atoms with Crippen LogP contribution in [0.15, 0.2) is 22.8 Å². The first-order chi connectivity index (χ1) is 13.3. The van der Waals surface area contributed by atoms with Gasteiger partial charge in [0.1, 0.15) is 11.8 Å². The lowest BCUT2D eigenvalue weighted by molar-refractivity contribution is -0.128. The number of nitrogens with zero attached hydrogens (tertiary/aromatic N) is 3. The van der Waals surface area contributed by atoms with Crippen LogP contribution < -0.4 is 10.6 Å². The maximum atomic E-state index is 12.5. The van der Waals surface area contributed by atoms with Crippen LogP contribution in [0.4, 0.5) is 10.5 Å². The van der Waals surface area contributed by atoms with E-state index < -0.39 is 12.1 Å². The van der Waals surface area contributed by atoms with Crippen LogP contribution in [0.25, 0.3) is 0 Å². The Labute approximate surface area is 163 Å². The van der Waals surface area contributed by atoms with E-state index in [1.807, 2.05) is 32.4 Å². The summed E-state index contributed by atoms with van der Waals surface area (Å²) >= 11 is 0. The van der Waals surface area contributed by atoms with Crippen LogP contribution in [0, 0.1) is 13.8 Å². The summed E-state index contributed by atoms with van der Waals surface area (Å²) in [5, 5.41) is 9.95. The van der Waals surface area contributed by atoms with E-state index in [0.29, 0.717) is 11.4 Å². The fourth-order valence-electron chi connectivity index (χ4n) is 3.30. The second-order valence-electron chi connectivity index (χ2n) is 7.18. The van der Waals surface area contributed by atoms with Gasteiger partial charge in [0.15, 0.2) is 0 Å². The lowest BCUT2D eigenvalue weighted by Gasteiger charge is -2.12. The molecule has 0 saturated carbocycles. The van der Waals surface area contributed by atoms with Gasteiger partial charge in [0.2, 0.25) is 5.91 Å². The highest BCUT2D eigenvalue weighted by atomic mass is 16.3. The molecule has 3 heterocycles. The summed E-state index contributed by atoms with van der Waals surface area (Å²) in [6.45, 7) is 7.87. The fourth-order valence-corrected chi connectivity index (χ4v) is 3.30. The lowest BCUT2D eigenvalue weighted by atomic mass is 10.1. The minimum atomic E-state index is -0.714. The number of rotatable bonds is 7. The monoisotopic (exact) mass is 387 g/mol. The summed E-state index contributed by atoms with van der Waals surface area (Å²) in [7, 11) is 0. The van der Waals surface area contributed by atoms with Gasteiger partial charge in [-0.1, -0.05) is 0 Å². The van der Waals surface area contributed by atoms with Gasteiger partial charge >= 0.3 is 6.03 Å². The SMILES string of the molecule is Cc1nn(C(C)C)c(C)c1NC(=O)CC[C@@H]1NC(=O)N(Cc2ccco2)C1=O. The number of carbonyl (C=O) groups is 3. The first kappa shape index (κ1) is 19.7. The predicted molar refractivity (Wildman–Crippen MR) is 102 cm³/mol. The molecule has 1 aliphatic heterocycles. The molecule has 2 N–H and O–H groups in total. The van der Waals surface area contributed by atoms with Gasteiger partial charge in [0.25, 0.3) is 5.91 Å². The van der Waals surface area contributed by atoms with Gasteiger partial charge in [0, 0.05) is 12.5 Å². The molecule has 1 saturated heterocycles. The molecule has 9 nitrogen and oxygen atoms in total. The van der Waals surface area contributed by atoms with Crippen LogP contribution >= 0.6 is 0 Å². The molecule has 0 bridgehead atoms. The van der Waals surface area contributed by atoms with Crippen molar-refractivity contribution >= 4 is 23.5 Å². The molecule has 1 aliphatic rings. The summed E-state index contributed by atoms with van der Waals surface area (Å²) in [6.07, 6.45) is 1.82. The van der Waals surface area contributed by atoms with Crippen molar-refractivity contribution in [3.05, 3.63) is 35.5 Å². The Morgan fingerprint density at radius 1 is 1.36 bits per heavy atom. The molecule has 0 aromatic carbocycles. The molecule has 1 atom stereocenters. The van der Waals surface area contributed by atoms with Crippen molar-refractivity contribution in [3.63, 3.8) is 0 Å². The number of furan rings is 1. The van der Waals surface area contributed by atoms with E-state index in [1.54, 1.807) is 12.1 Å². The lowest BCUT2D eigenvalue weighted by Crippen LogP contribution is -2.31. The quantitative estimate of drug-likeness (QED) is 0.710. The number of amides is 4. The van der Waals surface area contributed by atoms with Crippen molar-refractivity contribution in [2.24, 2.45) is 0 Å². The third-order valence-electron chi connectivity index (χ3n) is 4.74. The van der Waals surface area contributed by atoms with Gasteiger partial charge in [-0.05, 0) is 46.2 Å². The Bertz CT molecular complexity index is 885. The number of nitrogens with one attached hydrogen (secondary N) is 2. The summed E-state index contributed by atoms with van der Waals surface area (Å²) in [4.78, 5) is 38.0. The molecule has 0 aliphatic carbocycles. The number of anilines is 1. The number of hydrogen-bond donors (Lipinski definition) is 2. The second-order valence-corrected chi connectivity index (χ2v) is 7.18. The van der Waals surface area contributed by atoms with Gasteiger partial charge < -0.3 is 15.1 Å². The Morgan fingerprint density at radius 2 is 2.11 bits per heavy atom. The van der Waals surface area contributed by atoms with Crippen LogP contribution in [0.1, 0.15) is 49.9 Å². The molecule has 28 heavy (non-hydrogen) atoms. The van der Waals surface area contributed by atoms with Crippen LogP contribution in [0.2, 0.25) is 0 Å². The smallest absolute Gasteiger partial charge is 0.325 e. The zero-order chi connectivity index (χ0) is 20.4. The molecule has 1 fully saturated rings. The average molecular weight is 387 g/mol. The highest BCUT2D eigenvalue weighted by Crippen LogP contribution is 2.23. The second kappa shape index (κ2) is 7.87. The fraction of sp³-hybridized carbons (Fsp3) is 0.474. The first-order valence-corrected chi connectivity index (χ1v) is 9.27. The first-order valence-electron chi connectivity index (χ1n) is 9.27. The number of imide groups is 1. The Balaban J connectivity index is 1.56. The van der Waals surface area contributed by atoms with E-state index >= 15 is 0 Å². The van der Waals surface area contributed by atoms with Crippen molar-refractivity contribution < 1.29 is 18.8 Å². The summed E-state index contributed by atoms with van der Waals surface area (Å²) in [5.41, 5.74) is 2.32.